The van der Waals surface area contributed by atoms with Crippen molar-refractivity contribution in [2.45, 2.75) is 186 Å². The number of hydrogen-bond donors (Lipinski definition) is 2. The van der Waals surface area contributed by atoms with Gasteiger partial charge in [0.15, 0.2) is 6.10 Å². The summed E-state index contributed by atoms with van der Waals surface area (Å²) in [6.45, 7) is 3.82. The smallest absolute Gasteiger partial charge is 0.306 e. The average Bonchev–Trinajstić information content (AvgIpc) is 3.43. The maximum absolute atomic E-state index is 12.7. The lowest BCUT2D eigenvalue weighted by Crippen LogP contribution is -2.37. The summed E-state index contributed by atoms with van der Waals surface area (Å²) in [5, 5.41) is 20.7. The van der Waals surface area contributed by atoms with Gasteiger partial charge in [-0.15, -0.1) is 0 Å². The van der Waals surface area contributed by atoms with Crippen LogP contribution in [0.4, 0.5) is 0 Å². The summed E-state index contributed by atoms with van der Waals surface area (Å²) in [5.41, 5.74) is 0. The molecule has 2 N–H and O–H groups in total. The molecule has 1 rings (SSSR count). The highest BCUT2D eigenvalue weighted by molar-refractivity contribution is 7.45. The number of quaternary nitrogens is 1. The Morgan fingerprint density at radius 1 is 0.810 bits per heavy atom. The zero-order valence-corrected chi connectivity index (χ0v) is 37.9. The molecule has 1 aliphatic carbocycles. The maximum Gasteiger partial charge on any atom is 0.306 e. The minimum Gasteiger partial charge on any atom is -0.756 e. The lowest BCUT2D eigenvalue weighted by molar-refractivity contribution is -0.870. The molecule has 0 aromatic carbocycles. The van der Waals surface area contributed by atoms with E-state index in [9.17, 15) is 34.1 Å². The fourth-order valence-corrected chi connectivity index (χ4v) is 7.66. The summed E-state index contributed by atoms with van der Waals surface area (Å²) < 4.78 is 33.8. The van der Waals surface area contributed by atoms with Crippen molar-refractivity contribution in [3.05, 3.63) is 24.3 Å². The topological polar surface area (TPSA) is 169 Å². The molecule has 58 heavy (non-hydrogen) atoms. The molecule has 1 aliphatic rings. The molecule has 0 radical (unpaired) electrons. The van der Waals surface area contributed by atoms with E-state index in [1.165, 1.54) is 64.2 Å². The summed E-state index contributed by atoms with van der Waals surface area (Å²) >= 11 is 0. The van der Waals surface area contributed by atoms with Gasteiger partial charge in [-0.05, 0) is 32.1 Å². The van der Waals surface area contributed by atoms with Crippen LogP contribution in [0.15, 0.2) is 24.3 Å². The predicted molar refractivity (Wildman–Crippen MR) is 228 cm³/mol. The Morgan fingerprint density at radius 3 is 1.98 bits per heavy atom. The number of phosphoric ester groups is 1. The molecule has 0 saturated heterocycles. The Kier molecular flexibility index (Phi) is 30.6. The standard InChI is InChI=1S/C45H82NO11P/c1-6-8-10-11-12-13-14-15-16-17-18-19-20-26-30-45(51)57-39(37-56-58(52,53)55-34-33-46(3,4)5)36-54-44(50)29-25-22-21-24-28-40-41(43(49)35-42(40)48)32-31-38(47)27-23-9-7-2/h21,24,31-32,38-42,47-48H,6-20,22-23,25-30,33-37H2,1-5H3/b24-21-,32-31+/t38-,39+,40+,41+,42-/m0/s1. The van der Waals surface area contributed by atoms with Crippen LogP contribution in [0.5, 0.6) is 0 Å². The Bertz CT molecular complexity index is 1200. The van der Waals surface area contributed by atoms with E-state index >= 15 is 0 Å². The molecule has 338 valence electrons. The highest BCUT2D eigenvalue weighted by Gasteiger charge is 2.39. The van der Waals surface area contributed by atoms with E-state index in [-0.39, 0.29) is 44.2 Å². The number of ether oxygens (including phenoxy) is 2. The fraction of sp³-hybridized carbons (Fsp3) is 0.844. The Labute approximate surface area is 351 Å². The van der Waals surface area contributed by atoms with Crippen LogP contribution in [0.1, 0.15) is 168 Å². The second-order valence-electron chi connectivity index (χ2n) is 17.2. The number of allylic oxidation sites excluding steroid dienone is 3. The van der Waals surface area contributed by atoms with Crippen molar-refractivity contribution in [2.24, 2.45) is 11.8 Å². The molecular formula is C45H82NO11P. The van der Waals surface area contributed by atoms with Crippen molar-refractivity contribution in [1.82, 2.24) is 0 Å². The molecule has 13 heteroatoms. The number of hydrogen-bond acceptors (Lipinski definition) is 11. The Morgan fingerprint density at radius 2 is 1.38 bits per heavy atom. The SMILES string of the molecule is CCCCCCCCCCCCCCCCC(=O)O[C@H](COC(=O)CCC/C=C\C[C@H]1[C@@H](O)CC(=O)[C@@H]1/C=C/[C@@H](O)CCCCC)COP(=O)([O-])OCC[N+](C)(C)C. The van der Waals surface area contributed by atoms with Crippen molar-refractivity contribution in [3.63, 3.8) is 0 Å². The summed E-state index contributed by atoms with van der Waals surface area (Å²) in [5.74, 6) is -1.76. The minimum atomic E-state index is -4.69. The number of Topliss-reactive ketones (excluding diaryl/α,β-unsaturated/α-hetero) is 1. The van der Waals surface area contributed by atoms with Crippen molar-refractivity contribution >= 4 is 25.5 Å². The lowest BCUT2D eigenvalue weighted by atomic mass is 9.90. The minimum absolute atomic E-state index is 0.0275. The summed E-state index contributed by atoms with van der Waals surface area (Å²) in [7, 11) is 1.02. The Balaban J connectivity index is 2.50. The van der Waals surface area contributed by atoms with Gasteiger partial charge in [-0.2, -0.15) is 0 Å². The molecule has 0 aromatic heterocycles. The number of likely N-dealkylation sites (N-methyl/N-ethyl adjacent to an activating group) is 1. The van der Waals surface area contributed by atoms with Gasteiger partial charge in [0.1, 0.15) is 25.5 Å². The molecule has 1 fully saturated rings. The first kappa shape index (κ1) is 54.1. The number of aliphatic hydroxyl groups excluding tert-OH is 2. The average molecular weight is 844 g/mol. The van der Waals surface area contributed by atoms with E-state index in [1.807, 2.05) is 33.3 Å². The fourth-order valence-electron chi connectivity index (χ4n) is 6.93. The maximum atomic E-state index is 12.7. The van der Waals surface area contributed by atoms with Gasteiger partial charge in [0, 0.05) is 31.1 Å². The molecule has 0 aliphatic heterocycles. The highest BCUT2D eigenvalue weighted by Crippen LogP contribution is 2.38. The molecule has 6 atom stereocenters. The van der Waals surface area contributed by atoms with Crippen LogP contribution in [-0.4, -0.2) is 98.2 Å². The van der Waals surface area contributed by atoms with Gasteiger partial charge in [-0.1, -0.05) is 141 Å². The lowest BCUT2D eigenvalue weighted by Gasteiger charge is -2.28. The van der Waals surface area contributed by atoms with Crippen molar-refractivity contribution < 1.29 is 57.1 Å². The number of carbonyl (C=O) groups is 3. The zero-order chi connectivity index (χ0) is 43.1. The molecule has 1 unspecified atom stereocenters. The number of phosphoric acid groups is 1. The first-order chi connectivity index (χ1) is 27.7. The number of ketones is 1. The molecule has 0 spiro atoms. The van der Waals surface area contributed by atoms with Gasteiger partial charge in [0.2, 0.25) is 0 Å². The first-order valence-corrected chi connectivity index (χ1v) is 24.1. The van der Waals surface area contributed by atoms with Crippen LogP contribution in [0, 0.1) is 11.8 Å². The monoisotopic (exact) mass is 844 g/mol. The summed E-state index contributed by atoms with van der Waals surface area (Å²) in [6, 6.07) is 0. The van der Waals surface area contributed by atoms with Crippen LogP contribution in [0.25, 0.3) is 0 Å². The normalized spacial score (nSPS) is 19.5. The number of nitrogens with zero attached hydrogens (tertiary/aromatic N) is 1. The number of carbonyl (C=O) groups excluding carboxylic acids is 3. The molecule has 0 aromatic rings. The van der Waals surface area contributed by atoms with Crippen LogP contribution in [0.3, 0.4) is 0 Å². The van der Waals surface area contributed by atoms with E-state index in [0.29, 0.717) is 43.1 Å². The second kappa shape index (κ2) is 32.8. The molecule has 12 nitrogen and oxygen atoms in total. The largest absolute Gasteiger partial charge is 0.756 e. The summed E-state index contributed by atoms with van der Waals surface area (Å²) in [6.07, 6.45) is 27.1. The third-order valence-electron chi connectivity index (χ3n) is 10.6. The van der Waals surface area contributed by atoms with Gasteiger partial charge >= 0.3 is 11.9 Å². The van der Waals surface area contributed by atoms with E-state index in [2.05, 4.69) is 13.8 Å². The highest BCUT2D eigenvalue weighted by atomic mass is 31.2. The number of unbranched alkanes of at least 4 members (excludes halogenated alkanes) is 16. The van der Waals surface area contributed by atoms with Gasteiger partial charge in [-0.25, -0.2) is 0 Å². The van der Waals surface area contributed by atoms with Gasteiger partial charge in [0.05, 0.1) is 40.0 Å². The van der Waals surface area contributed by atoms with Gasteiger partial charge in [0.25, 0.3) is 7.82 Å². The summed E-state index contributed by atoms with van der Waals surface area (Å²) in [4.78, 5) is 50.2. The second-order valence-corrected chi connectivity index (χ2v) is 18.6. The number of aliphatic hydroxyl groups is 2. The van der Waals surface area contributed by atoms with Crippen LogP contribution in [0.2, 0.25) is 0 Å². The van der Waals surface area contributed by atoms with Crippen molar-refractivity contribution in [2.75, 3.05) is 47.5 Å². The van der Waals surface area contributed by atoms with E-state index < -0.39 is 50.6 Å². The Hall–Kier alpha value is -1.92. The quantitative estimate of drug-likeness (QED) is 0.0202. The zero-order valence-electron chi connectivity index (χ0n) is 37.0. The predicted octanol–water partition coefficient (Wildman–Crippen LogP) is 8.70. The number of rotatable bonds is 37. The molecule has 0 heterocycles. The molecular weight excluding hydrogens is 761 g/mol. The number of esters is 2. The molecule has 0 bridgehead atoms. The van der Waals surface area contributed by atoms with Crippen LogP contribution in [-0.2, 0) is 37.5 Å². The van der Waals surface area contributed by atoms with Crippen molar-refractivity contribution in [1.29, 1.82) is 0 Å². The van der Waals surface area contributed by atoms with Crippen molar-refractivity contribution in [3.8, 4) is 0 Å². The first-order valence-electron chi connectivity index (χ1n) is 22.6. The van der Waals surface area contributed by atoms with E-state index in [4.69, 9.17) is 18.5 Å². The van der Waals surface area contributed by atoms with E-state index in [1.54, 1.807) is 12.2 Å². The van der Waals surface area contributed by atoms with Crippen LogP contribution >= 0.6 is 7.82 Å². The third kappa shape index (κ3) is 29.3. The van der Waals surface area contributed by atoms with Gasteiger partial charge < -0.3 is 38.1 Å². The van der Waals surface area contributed by atoms with Crippen LogP contribution < -0.4 is 4.89 Å². The third-order valence-corrected chi connectivity index (χ3v) is 11.6. The van der Waals surface area contributed by atoms with E-state index in [0.717, 1.165) is 38.5 Å². The molecule has 1 saturated carbocycles. The van der Waals surface area contributed by atoms with Gasteiger partial charge in [-0.3, -0.25) is 18.9 Å². The molecule has 0 amide bonds.